The molecule has 0 aromatic heterocycles. The van der Waals surface area contributed by atoms with E-state index < -0.39 is 9.84 Å². The number of nitrogens with zero attached hydrogens (tertiary/aromatic N) is 1. The van der Waals surface area contributed by atoms with Crippen molar-refractivity contribution in [3.05, 3.63) is 30.3 Å². The molecule has 0 heterocycles. The first-order valence-electron chi connectivity index (χ1n) is 5.02. The summed E-state index contributed by atoms with van der Waals surface area (Å²) in [5.74, 6) is 5.61. The largest absolute Gasteiger partial charge is 0.325 e. The minimum absolute atomic E-state index is 0.00531. The molecule has 0 aliphatic carbocycles. The summed E-state index contributed by atoms with van der Waals surface area (Å²) in [5.41, 5.74) is 3.20. The predicted octanol–water partition coefficient (Wildman–Crippen LogP) is -0.0376. The van der Waals surface area contributed by atoms with Crippen molar-refractivity contribution in [1.29, 1.82) is 0 Å². The van der Waals surface area contributed by atoms with Crippen LogP contribution in [0.5, 0.6) is 0 Å². The topological polar surface area (TPSA) is 96.6 Å². The van der Waals surface area contributed by atoms with Gasteiger partial charge in [-0.15, -0.1) is 0 Å². The minimum atomic E-state index is -3.00. The second kappa shape index (κ2) is 6.21. The monoisotopic (exact) mass is 256 g/mol. The molecule has 0 amide bonds. The Hall–Kier alpha value is -1.60. The molecule has 0 saturated heterocycles. The normalized spacial score (nSPS) is 12.2. The third kappa shape index (κ3) is 5.88. The molecule has 4 N–H and O–H groups in total. The molecule has 7 heteroatoms. The maximum Gasteiger partial charge on any atom is 0.210 e. The summed E-state index contributed by atoms with van der Waals surface area (Å²) < 4.78 is 21.8. The number of hydrogen-bond acceptors (Lipinski definition) is 4. The van der Waals surface area contributed by atoms with E-state index in [1.54, 1.807) is 0 Å². The molecule has 1 rings (SSSR count). The zero-order valence-corrected chi connectivity index (χ0v) is 10.4. The van der Waals surface area contributed by atoms with Crippen LogP contribution in [0, 0.1) is 0 Å². The number of anilines is 1. The van der Waals surface area contributed by atoms with Crippen LogP contribution in [-0.2, 0) is 9.84 Å². The van der Waals surface area contributed by atoms with Crippen LogP contribution in [0.3, 0.4) is 0 Å². The summed E-state index contributed by atoms with van der Waals surface area (Å²) in [4.78, 5) is 4.01. The fourth-order valence-corrected chi connectivity index (χ4v) is 1.53. The molecule has 0 atom stereocenters. The summed E-state index contributed by atoms with van der Waals surface area (Å²) in [7, 11) is -3.00. The van der Waals surface area contributed by atoms with E-state index in [-0.39, 0.29) is 12.3 Å². The van der Waals surface area contributed by atoms with Crippen molar-refractivity contribution in [2.75, 3.05) is 23.9 Å². The molecule has 1 aromatic carbocycles. The highest BCUT2D eigenvalue weighted by molar-refractivity contribution is 7.90. The van der Waals surface area contributed by atoms with E-state index in [1.165, 1.54) is 6.26 Å². The van der Waals surface area contributed by atoms with Crippen LogP contribution in [0.25, 0.3) is 0 Å². The Balaban J connectivity index is 2.57. The number of guanidine groups is 1. The quantitative estimate of drug-likeness (QED) is 0.304. The summed E-state index contributed by atoms with van der Waals surface area (Å²) >= 11 is 0. The van der Waals surface area contributed by atoms with Crippen LogP contribution in [-0.4, -0.2) is 32.9 Å². The fraction of sp³-hybridized carbons (Fsp3) is 0.300. The lowest BCUT2D eigenvalue weighted by Crippen LogP contribution is -2.36. The Labute approximate surface area is 101 Å². The number of hydrazine groups is 1. The first-order chi connectivity index (χ1) is 8.01. The van der Waals surface area contributed by atoms with Crippen LogP contribution in [0.2, 0.25) is 0 Å². The van der Waals surface area contributed by atoms with Gasteiger partial charge in [-0.1, -0.05) is 18.2 Å². The van der Waals surface area contributed by atoms with E-state index in [2.05, 4.69) is 15.7 Å². The SMILES string of the molecule is CS(=O)(=O)CCN=C(NN)Nc1ccccc1. The molecule has 6 nitrogen and oxygen atoms in total. The molecule has 17 heavy (non-hydrogen) atoms. The molecular formula is C10H16N4O2S. The van der Waals surface area contributed by atoms with Crippen molar-refractivity contribution in [3.8, 4) is 0 Å². The number of benzene rings is 1. The maximum absolute atomic E-state index is 10.9. The van der Waals surface area contributed by atoms with Crippen molar-refractivity contribution in [2.24, 2.45) is 10.8 Å². The number of para-hydroxylation sites is 1. The average molecular weight is 256 g/mol. The molecule has 0 aliphatic heterocycles. The number of aliphatic imine (C=N–C) groups is 1. The minimum Gasteiger partial charge on any atom is -0.325 e. The maximum atomic E-state index is 10.9. The number of nitrogens with one attached hydrogen (secondary N) is 2. The zero-order valence-electron chi connectivity index (χ0n) is 9.55. The number of rotatable bonds is 4. The van der Waals surface area contributed by atoms with Crippen LogP contribution >= 0.6 is 0 Å². The van der Waals surface area contributed by atoms with Gasteiger partial charge in [0.2, 0.25) is 5.96 Å². The van der Waals surface area contributed by atoms with Crippen molar-refractivity contribution < 1.29 is 8.42 Å². The van der Waals surface area contributed by atoms with Gasteiger partial charge in [-0.05, 0) is 12.1 Å². The Morgan fingerprint density at radius 1 is 1.35 bits per heavy atom. The van der Waals surface area contributed by atoms with Crippen LogP contribution in [0.15, 0.2) is 35.3 Å². The van der Waals surface area contributed by atoms with E-state index in [1.807, 2.05) is 30.3 Å². The molecule has 94 valence electrons. The highest BCUT2D eigenvalue weighted by atomic mass is 32.2. The lowest BCUT2D eigenvalue weighted by atomic mass is 10.3. The first-order valence-corrected chi connectivity index (χ1v) is 7.08. The fourth-order valence-electron chi connectivity index (χ4n) is 1.10. The van der Waals surface area contributed by atoms with Gasteiger partial charge in [0.15, 0.2) is 0 Å². The molecule has 0 fully saturated rings. The van der Waals surface area contributed by atoms with Crippen LogP contribution < -0.4 is 16.6 Å². The van der Waals surface area contributed by atoms with Crippen molar-refractivity contribution in [3.63, 3.8) is 0 Å². The van der Waals surface area contributed by atoms with Crippen LogP contribution in [0.4, 0.5) is 5.69 Å². The van der Waals surface area contributed by atoms with E-state index in [9.17, 15) is 8.42 Å². The molecule has 0 bridgehead atoms. The summed E-state index contributed by atoms with van der Waals surface area (Å²) in [6, 6.07) is 9.33. The number of hydrogen-bond donors (Lipinski definition) is 3. The molecule has 0 radical (unpaired) electrons. The van der Waals surface area contributed by atoms with Crippen molar-refractivity contribution in [1.82, 2.24) is 5.43 Å². The lowest BCUT2D eigenvalue weighted by Gasteiger charge is -2.08. The van der Waals surface area contributed by atoms with Gasteiger partial charge in [0.25, 0.3) is 0 Å². The summed E-state index contributed by atoms with van der Waals surface area (Å²) in [5, 5.41) is 2.93. The predicted molar refractivity (Wildman–Crippen MR) is 69.4 cm³/mol. The van der Waals surface area contributed by atoms with Gasteiger partial charge in [0.1, 0.15) is 9.84 Å². The first kappa shape index (κ1) is 13.5. The number of sulfone groups is 1. The van der Waals surface area contributed by atoms with Crippen LogP contribution in [0.1, 0.15) is 0 Å². The van der Waals surface area contributed by atoms with E-state index in [0.717, 1.165) is 5.69 Å². The van der Waals surface area contributed by atoms with E-state index in [4.69, 9.17) is 5.84 Å². The van der Waals surface area contributed by atoms with E-state index in [0.29, 0.717) is 5.96 Å². The highest BCUT2D eigenvalue weighted by Gasteiger charge is 2.01. The molecule has 0 unspecified atom stereocenters. The molecule has 0 saturated carbocycles. The van der Waals surface area contributed by atoms with Gasteiger partial charge in [-0.25, -0.2) is 14.3 Å². The second-order valence-corrected chi connectivity index (χ2v) is 5.76. The summed E-state index contributed by atoms with van der Waals surface area (Å²) in [6.45, 7) is 0.165. The number of nitrogens with two attached hydrogens (primary N) is 1. The van der Waals surface area contributed by atoms with Gasteiger partial charge in [-0.2, -0.15) is 0 Å². The Kier molecular flexibility index (Phi) is 4.92. The Morgan fingerprint density at radius 2 is 2.00 bits per heavy atom. The molecule has 0 spiro atoms. The van der Waals surface area contributed by atoms with Gasteiger partial charge < -0.3 is 5.32 Å². The lowest BCUT2D eigenvalue weighted by molar-refractivity contribution is 0.601. The average Bonchev–Trinajstić information content (AvgIpc) is 2.27. The highest BCUT2D eigenvalue weighted by Crippen LogP contribution is 2.04. The molecule has 1 aromatic rings. The van der Waals surface area contributed by atoms with Gasteiger partial charge in [0.05, 0.1) is 12.3 Å². The van der Waals surface area contributed by atoms with Gasteiger partial charge in [-0.3, -0.25) is 10.4 Å². The third-order valence-electron chi connectivity index (χ3n) is 1.91. The third-order valence-corrected chi connectivity index (χ3v) is 2.83. The second-order valence-electron chi connectivity index (χ2n) is 3.50. The van der Waals surface area contributed by atoms with Crippen molar-refractivity contribution >= 4 is 21.5 Å². The summed E-state index contributed by atoms with van der Waals surface area (Å²) in [6.07, 6.45) is 1.17. The van der Waals surface area contributed by atoms with E-state index >= 15 is 0 Å². The molecule has 0 aliphatic rings. The van der Waals surface area contributed by atoms with Gasteiger partial charge >= 0.3 is 0 Å². The molecular weight excluding hydrogens is 240 g/mol. The van der Waals surface area contributed by atoms with Gasteiger partial charge in [0, 0.05) is 11.9 Å². The standard InChI is InChI=1S/C10H16N4O2S/c1-17(15,16)8-7-12-10(14-11)13-9-5-3-2-4-6-9/h2-6H,7-8,11H2,1H3,(H2,12,13,14). The smallest absolute Gasteiger partial charge is 0.210 e. The Morgan fingerprint density at radius 3 is 2.53 bits per heavy atom. The zero-order chi connectivity index (χ0) is 12.7. The van der Waals surface area contributed by atoms with Crippen molar-refractivity contribution in [2.45, 2.75) is 0 Å². The Bertz CT molecular complexity index is 470.